The van der Waals surface area contributed by atoms with E-state index in [4.69, 9.17) is 19.9 Å². The Kier molecular flexibility index (Phi) is 6.96. The molecule has 3 aromatic heterocycles. The standard InChI is InChI=1S/C46H28N4S/c1-2-12-31(13-3-1)44-48-45(35-21-19-30-11-5-7-15-33(30)25-35)50-46(49-44)38-27-36(34-20-18-29-10-4-6-14-32(29)24-34)26-37(28-38)39-22-23-47-42-40-16-8-9-17-41(40)51-43(39)42/h1-28H. The predicted molar refractivity (Wildman–Crippen MR) is 213 cm³/mol. The molecule has 4 nitrogen and oxygen atoms in total. The number of hydrogen-bond acceptors (Lipinski definition) is 5. The highest BCUT2D eigenvalue weighted by Gasteiger charge is 2.17. The number of pyridine rings is 1. The van der Waals surface area contributed by atoms with Gasteiger partial charge in [-0.1, -0.05) is 121 Å². The first-order valence-electron chi connectivity index (χ1n) is 17.0. The molecule has 0 spiro atoms. The second kappa shape index (κ2) is 12.1. The van der Waals surface area contributed by atoms with Crippen molar-refractivity contribution in [2.24, 2.45) is 0 Å². The molecule has 238 valence electrons. The van der Waals surface area contributed by atoms with E-state index in [1.165, 1.54) is 26.2 Å². The van der Waals surface area contributed by atoms with Crippen LogP contribution in [0.15, 0.2) is 170 Å². The zero-order chi connectivity index (χ0) is 33.7. The molecular formula is C46H28N4S. The highest BCUT2D eigenvalue weighted by Crippen LogP contribution is 2.41. The maximum absolute atomic E-state index is 5.19. The summed E-state index contributed by atoms with van der Waals surface area (Å²) in [7, 11) is 0. The maximum atomic E-state index is 5.19. The Hall–Kier alpha value is -6.56. The van der Waals surface area contributed by atoms with Gasteiger partial charge >= 0.3 is 0 Å². The summed E-state index contributed by atoms with van der Waals surface area (Å²) in [6.07, 6.45) is 1.92. The van der Waals surface area contributed by atoms with Gasteiger partial charge in [0.05, 0.1) is 10.2 Å². The van der Waals surface area contributed by atoms with Crippen LogP contribution in [0.25, 0.3) is 98.3 Å². The van der Waals surface area contributed by atoms with Crippen LogP contribution in [0.3, 0.4) is 0 Å². The SMILES string of the molecule is c1ccc(-c2nc(-c3cc(-c4ccc5ccccc5c4)cc(-c4ccnc5c4sc4ccccc45)c3)nc(-c3ccc4ccccc4c3)n2)cc1. The summed E-state index contributed by atoms with van der Waals surface area (Å²) in [5.74, 6) is 1.90. The third-order valence-corrected chi connectivity index (χ3v) is 10.7. The number of aromatic nitrogens is 4. The first-order chi connectivity index (χ1) is 25.2. The lowest BCUT2D eigenvalue weighted by atomic mass is 9.94. The van der Waals surface area contributed by atoms with E-state index in [0.717, 1.165) is 54.5 Å². The molecular weight excluding hydrogens is 641 g/mol. The van der Waals surface area contributed by atoms with Crippen molar-refractivity contribution in [3.05, 3.63) is 170 Å². The molecule has 0 aliphatic rings. The third-order valence-electron chi connectivity index (χ3n) is 9.52. The summed E-state index contributed by atoms with van der Waals surface area (Å²) in [4.78, 5) is 20.2. The second-order valence-corrected chi connectivity index (χ2v) is 13.8. The summed E-state index contributed by atoms with van der Waals surface area (Å²) in [5.41, 5.74) is 8.27. The van der Waals surface area contributed by atoms with Crippen molar-refractivity contribution in [3.8, 4) is 56.4 Å². The number of hydrogen-bond donors (Lipinski definition) is 0. The molecule has 7 aromatic carbocycles. The Bertz CT molecular complexity index is 2930. The third kappa shape index (κ3) is 5.32. The molecule has 0 aliphatic carbocycles. The van der Waals surface area contributed by atoms with Crippen molar-refractivity contribution in [2.75, 3.05) is 0 Å². The van der Waals surface area contributed by atoms with Crippen LogP contribution in [0.1, 0.15) is 0 Å². The van der Waals surface area contributed by atoms with Crippen LogP contribution in [0, 0.1) is 0 Å². The molecule has 0 N–H and O–H groups in total. The maximum Gasteiger partial charge on any atom is 0.164 e. The quantitative estimate of drug-likeness (QED) is 0.183. The fraction of sp³-hybridized carbons (Fsp3) is 0. The molecule has 0 unspecified atom stereocenters. The van der Waals surface area contributed by atoms with Gasteiger partial charge in [-0.2, -0.15) is 0 Å². The molecule has 0 bridgehead atoms. The van der Waals surface area contributed by atoms with Crippen molar-refractivity contribution in [2.45, 2.75) is 0 Å². The minimum absolute atomic E-state index is 0.623. The lowest BCUT2D eigenvalue weighted by molar-refractivity contribution is 1.07. The number of nitrogens with zero attached hydrogens (tertiary/aromatic N) is 4. The smallest absolute Gasteiger partial charge is 0.164 e. The minimum Gasteiger partial charge on any atom is -0.255 e. The molecule has 0 atom stereocenters. The molecule has 0 saturated heterocycles. The first kappa shape index (κ1) is 29.4. The molecule has 51 heavy (non-hydrogen) atoms. The molecule has 3 heterocycles. The number of thiophene rings is 1. The molecule has 0 aliphatic heterocycles. The van der Waals surface area contributed by atoms with Gasteiger partial charge in [-0.25, -0.2) is 15.0 Å². The Morgan fingerprint density at radius 1 is 0.373 bits per heavy atom. The Balaban J connectivity index is 1.23. The van der Waals surface area contributed by atoms with Crippen molar-refractivity contribution in [3.63, 3.8) is 0 Å². The van der Waals surface area contributed by atoms with E-state index < -0.39 is 0 Å². The highest BCUT2D eigenvalue weighted by atomic mass is 32.1. The van der Waals surface area contributed by atoms with Crippen LogP contribution in [0.4, 0.5) is 0 Å². The fourth-order valence-corrected chi connectivity index (χ4v) is 8.15. The Morgan fingerprint density at radius 2 is 0.941 bits per heavy atom. The van der Waals surface area contributed by atoms with E-state index in [9.17, 15) is 0 Å². The molecule has 5 heteroatoms. The largest absolute Gasteiger partial charge is 0.255 e. The number of benzene rings is 7. The molecule has 0 fully saturated rings. The van der Waals surface area contributed by atoms with Gasteiger partial charge in [0.25, 0.3) is 0 Å². The summed E-state index contributed by atoms with van der Waals surface area (Å²) in [5, 5.41) is 5.90. The molecule has 0 radical (unpaired) electrons. The van der Waals surface area contributed by atoms with E-state index in [1.54, 1.807) is 11.3 Å². The summed E-state index contributed by atoms with van der Waals surface area (Å²) < 4.78 is 2.39. The van der Waals surface area contributed by atoms with Gasteiger partial charge in [0.1, 0.15) is 0 Å². The van der Waals surface area contributed by atoms with Gasteiger partial charge < -0.3 is 0 Å². The average molecular weight is 669 g/mol. The molecule has 10 rings (SSSR count). The van der Waals surface area contributed by atoms with Crippen LogP contribution in [-0.4, -0.2) is 19.9 Å². The lowest BCUT2D eigenvalue weighted by Gasteiger charge is -2.13. The van der Waals surface area contributed by atoms with Crippen molar-refractivity contribution < 1.29 is 0 Å². The van der Waals surface area contributed by atoms with Crippen molar-refractivity contribution in [1.29, 1.82) is 0 Å². The van der Waals surface area contributed by atoms with Gasteiger partial charge in [-0.05, 0) is 80.7 Å². The zero-order valence-corrected chi connectivity index (χ0v) is 28.2. The fourth-order valence-electron chi connectivity index (χ4n) is 6.96. The van der Waals surface area contributed by atoms with Crippen LogP contribution in [0.5, 0.6) is 0 Å². The average Bonchev–Trinajstić information content (AvgIpc) is 3.59. The van der Waals surface area contributed by atoms with E-state index >= 15 is 0 Å². The second-order valence-electron chi connectivity index (χ2n) is 12.7. The van der Waals surface area contributed by atoms with Crippen LogP contribution >= 0.6 is 11.3 Å². The topological polar surface area (TPSA) is 51.6 Å². The lowest BCUT2D eigenvalue weighted by Crippen LogP contribution is -2.00. The summed E-state index contributed by atoms with van der Waals surface area (Å²) in [6.45, 7) is 0. The predicted octanol–water partition coefficient (Wildman–Crippen LogP) is 12.3. The number of fused-ring (bicyclic) bond motifs is 5. The highest BCUT2D eigenvalue weighted by molar-refractivity contribution is 7.26. The zero-order valence-electron chi connectivity index (χ0n) is 27.4. The summed E-state index contributed by atoms with van der Waals surface area (Å²) in [6, 6.07) is 57.4. The normalized spacial score (nSPS) is 11.5. The molecule has 10 aromatic rings. The van der Waals surface area contributed by atoms with Crippen LogP contribution in [0.2, 0.25) is 0 Å². The van der Waals surface area contributed by atoms with Gasteiger partial charge in [-0.3, -0.25) is 4.98 Å². The molecule has 0 amide bonds. The van der Waals surface area contributed by atoms with Crippen LogP contribution < -0.4 is 0 Å². The van der Waals surface area contributed by atoms with Crippen molar-refractivity contribution in [1.82, 2.24) is 19.9 Å². The van der Waals surface area contributed by atoms with Gasteiger partial charge in [0, 0.05) is 38.5 Å². The number of rotatable bonds is 5. The first-order valence-corrected chi connectivity index (χ1v) is 17.8. The van der Waals surface area contributed by atoms with E-state index in [-0.39, 0.29) is 0 Å². The van der Waals surface area contributed by atoms with Crippen LogP contribution in [-0.2, 0) is 0 Å². The van der Waals surface area contributed by atoms with Crippen molar-refractivity contribution >= 4 is 53.2 Å². The molecule has 0 saturated carbocycles. The van der Waals surface area contributed by atoms with E-state index in [2.05, 4.69) is 146 Å². The Morgan fingerprint density at radius 3 is 1.71 bits per heavy atom. The van der Waals surface area contributed by atoms with Gasteiger partial charge in [0.15, 0.2) is 17.5 Å². The Labute approximate surface area is 298 Å². The minimum atomic E-state index is 0.623. The monoisotopic (exact) mass is 668 g/mol. The van der Waals surface area contributed by atoms with Gasteiger partial charge in [-0.15, -0.1) is 11.3 Å². The van der Waals surface area contributed by atoms with E-state index in [0.29, 0.717) is 17.5 Å². The van der Waals surface area contributed by atoms with Gasteiger partial charge in [0.2, 0.25) is 0 Å². The van der Waals surface area contributed by atoms with E-state index in [1.807, 2.05) is 24.4 Å². The summed E-state index contributed by atoms with van der Waals surface area (Å²) >= 11 is 1.78.